The molecule has 0 fully saturated rings. The van der Waals surface area contributed by atoms with E-state index in [4.69, 9.17) is 5.53 Å². The molecule has 0 aromatic carbocycles. The fraction of sp³-hybridized carbons (Fsp3) is 0.800. The maximum atomic E-state index is 12.2. The molecule has 0 aliphatic heterocycles. The Bertz CT molecular complexity index is 315. The molecule has 0 saturated heterocycles. The summed E-state index contributed by atoms with van der Waals surface area (Å²) in [6, 6.07) is 0. The summed E-state index contributed by atoms with van der Waals surface area (Å²) < 4.78 is 118. The third kappa shape index (κ3) is 2.51. The molecule has 100 valence electrons. The van der Waals surface area contributed by atoms with Crippen molar-refractivity contribution in [1.29, 1.82) is 0 Å². The van der Waals surface area contributed by atoms with Crippen molar-refractivity contribution in [3.05, 3.63) is 5.53 Å². The van der Waals surface area contributed by atoms with E-state index in [1.165, 1.54) is 0 Å². The predicted octanol–water partition coefficient (Wildman–Crippen LogP) is 3.05. The Labute approximate surface area is 85.4 Å². The van der Waals surface area contributed by atoms with E-state index in [9.17, 15) is 43.9 Å². The zero-order valence-electron chi connectivity index (χ0n) is 7.17. The molecule has 0 aromatic rings. The van der Waals surface area contributed by atoms with Gasteiger partial charge in [0.2, 0.25) is 0 Å². The summed E-state index contributed by atoms with van der Waals surface area (Å²) in [6.07, 6.45) is -13.5. The molecule has 2 nitrogen and oxygen atoms in total. The highest BCUT2D eigenvalue weighted by atomic mass is 19.4. The average Bonchev–Trinajstić information content (AvgIpc) is 1.99. The Kier molecular flexibility index (Phi) is 3.56. The van der Waals surface area contributed by atoms with Crippen LogP contribution >= 0.6 is 0 Å². The van der Waals surface area contributed by atoms with E-state index in [0.29, 0.717) is 0 Å². The van der Waals surface area contributed by atoms with Gasteiger partial charge in [-0.3, -0.25) is 0 Å². The van der Waals surface area contributed by atoms with Gasteiger partial charge >= 0.3 is 29.9 Å². The normalized spacial score (nSPS) is 14.5. The maximum absolute atomic E-state index is 12.2. The summed E-state index contributed by atoms with van der Waals surface area (Å²) in [7, 11) is 0. The van der Waals surface area contributed by atoms with Crippen molar-refractivity contribution < 1.29 is 48.7 Å². The Balaban J connectivity index is 5.81. The highest BCUT2D eigenvalue weighted by molar-refractivity contribution is 5.93. The van der Waals surface area contributed by atoms with Gasteiger partial charge in [-0.1, -0.05) is 0 Å². The summed E-state index contributed by atoms with van der Waals surface area (Å²) in [5, 5.41) is 0. The third-order valence-corrected chi connectivity index (χ3v) is 1.41. The lowest BCUT2D eigenvalue weighted by Crippen LogP contribution is -2.57. The largest absolute Gasteiger partial charge is 0.465 e. The van der Waals surface area contributed by atoms with Crippen molar-refractivity contribution in [1.82, 2.24) is 0 Å². The van der Waals surface area contributed by atoms with Crippen LogP contribution in [0.15, 0.2) is 0 Å². The quantitative estimate of drug-likeness (QED) is 0.322. The van der Waals surface area contributed by atoms with E-state index < -0.39 is 29.9 Å². The monoisotopic (exact) mass is 278 g/mol. The highest BCUT2D eigenvalue weighted by Crippen LogP contribution is 2.45. The van der Waals surface area contributed by atoms with Crippen LogP contribution < -0.4 is 0 Å². The van der Waals surface area contributed by atoms with Crippen molar-refractivity contribution in [2.75, 3.05) is 0 Å². The highest BCUT2D eigenvalue weighted by Gasteiger charge is 2.80. The van der Waals surface area contributed by atoms with Crippen LogP contribution in [0, 0.1) is 0 Å². The van der Waals surface area contributed by atoms with Crippen LogP contribution in [-0.2, 0) is 0 Å². The first-order valence-corrected chi connectivity index (χ1v) is 3.31. The molecular weight excluding hydrogens is 278 g/mol. The average molecular weight is 278 g/mol. The molecule has 0 rings (SSSR count). The fourth-order valence-corrected chi connectivity index (χ4v) is 0.591. The third-order valence-electron chi connectivity index (χ3n) is 1.41. The smallest absolute Gasteiger partial charge is 0.361 e. The van der Waals surface area contributed by atoms with Crippen molar-refractivity contribution >= 4 is 5.71 Å². The van der Waals surface area contributed by atoms with Gasteiger partial charge in [-0.05, 0) is 0 Å². The van der Waals surface area contributed by atoms with Gasteiger partial charge in [0.15, 0.2) is 0 Å². The molecule has 17 heavy (non-hydrogen) atoms. The molecule has 0 aromatic heterocycles. The van der Waals surface area contributed by atoms with Gasteiger partial charge in [0.05, 0.1) is 0 Å². The first kappa shape index (κ1) is 15.7. The van der Waals surface area contributed by atoms with Gasteiger partial charge in [0, 0.05) is 0 Å². The maximum Gasteiger partial charge on any atom is 0.465 e. The molecule has 0 saturated carbocycles. The zero-order chi connectivity index (χ0) is 14.3. The number of nitrogens with zero attached hydrogens (tertiary/aromatic N) is 2. The van der Waals surface area contributed by atoms with Gasteiger partial charge in [-0.15, -0.1) is 0 Å². The Morgan fingerprint density at radius 1 is 0.647 bits per heavy atom. The molecule has 12 heteroatoms. The van der Waals surface area contributed by atoms with Gasteiger partial charge in [-0.25, -0.2) is 0 Å². The second-order valence-corrected chi connectivity index (χ2v) is 2.59. The molecule has 0 amide bonds. The molecule has 0 radical (unpaired) electrons. The summed E-state index contributed by atoms with van der Waals surface area (Å²) in [4.78, 5) is 0.741. The summed E-state index contributed by atoms with van der Waals surface area (Å²) in [5.41, 5.74) is 3.51. The first-order chi connectivity index (χ1) is 7.19. The van der Waals surface area contributed by atoms with Gasteiger partial charge in [0.25, 0.3) is 0 Å². The van der Waals surface area contributed by atoms with Crippen LogP contribution in [-0.4, -0.2) is 34.7 Å². The van der Waals surface area contributed by atoms with Crippen LogP contribution in [0.3, 0.4) is 0 Å². The Hall–Kier alpha value is -1.32. The lowest BCUT2D eigenvalue weighted by molar-refractivity contribution is -0.296. The first-order valence-electron chi connectivity index (χ1n) is 3.31. The van der Waals surface area contributed by atoms with E-state index in [2.05, 4.69) is 0 Å². The Morgan fingerprint density at radius 3 is 1.00 bits per heavy atom. The van der Waals surface area contributed by atoms with E-state index in [0.717, 1.165) is 4.79 Å². The van der Waals surface area contributed by atoms with E-state index >= 15 is 0 Å². The number of halogens is 10. The van der Waals surface area contributed by atoms with Crippen molar-refractivity contribution in [3.63, 3.8) is 0 Å². The number of hydrogen-bond donors (Lipinski definition) is 0. The topological polar surface area (TPSA) is 36.4 Å². The minimum Gasteiger partial charge on any atom is -0.361 e. The minimum absolute atomic E-state index is 0.741. The minimum atomic E-state index is -6.76. The van der Waals surface area contributed by atoms with E-state index in [1.807, 2.05) is 0 Å². The lowest BCUT2D eigenvalue weighted by atomic mass is 10.1. The van der Waals surface area contributed by atoms with Crippen LogP contribution in [0.1, 0.15) is 0 Å². The van der Waals surface area contributed by atoms with Crippen molar-refractivity contribution in [3.8, 4) is 0 Å². The molecule has 0 aliphatic rings. The lowest BCUT2D eigenvalue weighted by Gasteiger charge is -2.21. The van der Waals surface area contributed by atoms with Crippen molar-refractivity contribution in [2.45, 2.75) is 24.2 Å². The zero-order valence-corrected chi connectivity index (χ0v) is 7.17. The summed E-state index contributed by atoms with van der Waals surface area (Å²) >= 11 is 0. The van der Waals surface area contributed by atoms with E-state index in [-0.39, 0.29) is 0 Å². The molecule has 0 spiro atoms. The van der Waals surface area contributed by atoms with Crippen LogP contribution in [0.5, 0.6) is 0 Å². The number of rotatable bonds is 2. The molecule has 0 unspecified atom stereocenters. The second-order valence-electron chi connectivity index (χ2n) is 2.59. The molecule has 0 bridgehead atoms. The van der Waals surface area contributed by atoms with Crippen LogP contribution in [0.25, 0.3) is 5.53 Å². The molecule has 0 atom stereocenters. The van der Waals surface area contributed by atoms with Gasteiger partial charge < -0.3 is 5.53 Å². The van der Waals surface area contributed by atoms with Crippen LogP contribution in [0.4, 0.5) is 43.9 Å². The van der Waals surface area contributed by atoms with Gasteiger partial charge in [0.1, 0.15) is 0 Å². The SMILES string of the molecule is [N-]=[N+]=C(C(F)(F)C(F)(F)F)C(F)(F)C(F)(F)F. The molecule has 0 N–H and O–H groups in total. The summed E-state index contributed by atoms with van der Waals surface area (Å²) in [5.74, 6) is -13.2. The van der Waals surface area contributed by atoms with Crippen molar-refractivity contribution in [2.24, 2.45) is 0 Å². The van der Waals surface area contributed by atoms with Crippen LogP contribution in [0.2, 0.25) is 0 Å². The number of hydrogen-bond acceptors (Lipinski definition) is 0. The standard InChI is InChI=1S/C5F10N2/c6-2(7,4(10,11)12)1(17-16)3(8,9)5(13,14)15. The van der Waals surface area contributed by atoms with E-state index in [1.54, 1.807) is 0 Å². The van der Waals surface area contributed by atoms with Gasteiger partial charge in [-0.2, -0.15) is 48.7 Å². The second kappa shape index (κ2) is 3.86. The molecular formula is C5F10N2. The fourth-order valence-electron chi connectivity index (χ4n) is 0.591. The summed E-state index contributed by atoms with van der Waals surface area (Å²) in [6.45, 7) is 0. The molecule has 0 heterocycles. The predicted molar refractivity (Wildman–Crippen MR) is 30.6 cm³/mol. The number of alkyl halides is 10. The molecule has 0 aliphatic carbocycles. The Morgan fingerprint density at radius 2 is 0.882 bits per heavy atom.